The summed E-state index contributed by atoms with van der Waals surface area (Å²) in [6, 6.07) is 8.48. The highest BCUT2D eigenvalue weighted by atomic mass is 79.9. The second-order valence-corrected chi connectivity index (χ2v) is 6.78. The number of aliphatic hydroxyl groups is 1. The first-order chi connectivity index (χ1) is 9.74. The van der Waals surface area contributed by atoms with Crippen LogP contribution in [0.3, 0.4) is 0 Å². The van der Waals surface area contributed by atoms with Crippen molar-refractivity contribution in [3.63, 3.8) is 0 Å². The molecule has 0 spiro atoms. The molecule has 1 aromatic carbocycles. The molecule has 1 aliphatic heterocycles. The van der Waals surface area contributed by atoms with Gasteiger partial charge in [-0.3, -0.25) is 0 Å². The maximum atomic E-state index is 9.25. The zero-order valence-corrected chi connectivity index (χ0v) is 13.4. The average Bonchev–Trinajstić information content (AvgIpc) is 2.98. The number of rotatable bonds is 3. The SMILES string of the molecule is OCc1csc(C2(c3ccc(Br)cc3)CCOCC2)n1. The van der Waals surface area contributed by atoms with Crippen molar-refractivity contribution in [1.82, 2.24) is 4.98 Å². The van der Waals surface area contributed by atoms with Crippen molar-refractivity contribution in [3.8, 4) is 0 Å². The predicted octanol–water partition coefficient (Wildman–Crippen LogP) is 3.49. The van der Waals surface area contributed by atoms with Crippen LogP contribution in [0.5, 0.6) is 0 Å². The number of thiazole rings is 1. The number of ether oxygens (including phenoxy) is 1. The van der Waals surface area contributed by atoms with Crippen molar-refractivity contribution in [2.24, 2.45) is 0 Å². The molecule has 1 saturated heterocycles. The van der Waals surface area contributed by atoms with Gasteiger partial charge in [0.05, 0.1) is 17.7 Å². The van der Waals surface area contributed by atoms with E-state index in [9.17, 15) is 5.11 Å². The summed E-state index contributed by atoms with van der Waals surface area (Å²) in [6.45, 7) is 1.51. The molecule has 2 heterocycles. The molecular weight excluding hydrogens is 338 g/mol. The van der Waals surface area contributed by atoms with Crippen molar-refractivity contribution < 1.29 is 9.84 Å². The topological polar surface area (TPSA) is 42.4 Å². The van der Waals surface area contributed by atoms with E-state index in [1.54, 1.807) is 11.3 Å². The maximum Gasteiger partial charge on any atom is 0.104 e. The fourth-order valence-corrected chi connectivity index (χ4v) is 4.07. The Morgan fingerprint density at radius 2 is 1.95 bits per heavy atom. The van der Waals surface area contributed by atoms with Crippen LogP contribution in [0.2, 0.25) is 0 Å². The summed E-state index contributed by atoms with van der Waals surface area (Å²) in [5.41, 5.74) is 1.97. The first-order valence-corrected chi connectivity index (χ1v) is 8.31. The Morgan fingerprint density at radius 3 is 2.55 bits per heavy atom. The number of hydrogen-bond acceptors (Lipinski definition) is 4. The molecular formula is C15H16BrNO2S. The molecule has 0 bridgehead atoms. The highest BCUT2D eigenvalue weighted by molar-refractivity contribution is 9.10. The zero-order chi connectivity index (χ0) is 14.0. The average molecular weight is 354 g/mol. The van der Waals surface area contributed by atoms with Gasteiger partial charge in [-0.25, -0.2) is 4.98 Å². The molecule has 1 N–H and O–H groups in total. The fourth-order valence-electron chi connectivity index (χ4n) is 2.71. The van der Waals surface area contributed by atoms with E-state index < -0.39 is 0 Å². The zero-order valence-electron chi connectivity index (χ0n) is 11.0. The van der Waals surface area contributed by atoms with Crippen LogP contribution in [0, 0.1) is 0 Å². The normalized spacial score (nSPS) is 18.1. The standard InChI is InChI=1S/C15H16BrNO2S/c16-12-3-1-11(2-4-12)15(5-7-19-8-6-15)14-17-13(9-18)10-20-14/h1-4,10,18H,5-9H2. The number of hydrogen-bond donors (Lipinski definition) is 1. The number of aliphatic hydroxyl groups excluding tert-OH is 1. The lowest BCUT2D eigenvalue weighted by atomic mass is 9.74. The van der Waals surface area contributed by atoms with E-state index in [2.05, 4.69) is 45.2 Å². The van der Waals surface area contributed by atoms with E-state index in [0.29, 0.717) is 0 Å². The van der Waals surface area contributed by atoms with Gasteiger partial charge in [0.15, 0.2) is 0 Å². The van der Waals surface area contributed by atoms with Crippen molar-refractivity contribution in [2.75, 3.05) is 13.2 Å². The summed E-state index contributed by atoms with van der Waals surface area (Å²) in [5, 5.41) is 12.3. The quantitative estimate of drug-likeness (QED) is 0.918. The lowest BCUT2D eigenvalue weighted by Crippen LogP contribution is -2.35. The smallest absolute Gasteiger partial charge is 0.104 e. The van der Waals surface area contributed by atoms with Gasteiger partial charge in [0.25, 0.3) is 0 Å². The van der Waals surface area contributed by atoms with E-state index in [1.807, 2.05) is 5.38 Å². The fraction of sp³-hybridized carbons (Fsp3) is 0.400. The second-order valence-electron chi connectivity index (χ2n) is 5.00. The Hall–Kier alpha value is -0.750. The van der Waals surface area contributed by atoms with E-state index >= 15 is 0 Å². The van der Waals surface area contributed by atoms with Crippen LogP contribution < -0.4 is 0 Å². The molecule has 3 nitrogen and oxygen atoms in total. The summed E-state index contributed by atoms with van der Waals surface area (Å²) in [7, 11) is 0. The minimum Gasteiger partial charge on any atom is -0.390 e. The Morgan fingerprint density at radius 1 is 1.25 bits per heavy atom. The van der Waals surface area contributed by atoms with Crippen LogP contribution in [-0.4, -0.2) is 23.3 Å². The lowest BCUT2D eigenvalue weighted by Gasteiger charge is -2.36. The molecule has 0 saturated carbocycles. The Kier molecular flexibility index (Phi) is 4.21. The Bertz CT molecular complexity index is 576. The van der Waals surface area contributed by atoms with Crippen molar-refractivity contribution >= 4 is 27.3 Å². The summed E-state index contributed by atoms with van der Waals surface area (Å²) in [6.07, 6.45) is 1.88. The largest absolute Gasteiger partial charge is 0.390 e. The van der Waals surface area contributed by atoms with Gasteiger partial charge in [-0.15, -0.1) is 11.3 Å². The number of aromatic nitrogens is 1. The molecule has 0 unspecified atom stereocenters. The molecule has 5 heteroatoms. The number of halogens is 1. The van der Waals surface area contributed by atoms with Crippen LogP contribution in [0.1, 0.15) is 29.1 Å². The number of nitrogens with zero attached hydrogens (tertiary/aromatic N) is 1. The van der Waals surface area contributed by atoms with Crippen LogP contribution in [0.15, 0.2) is 34.1 Å². The van der Waals surface area contributed by atoms with Gasteiger partial charge in [-0.05, 0) is 30.5 Å². The van der Waals surface area contributed by atoms with E-state index in [0.717, 1.165) is 41.2 Å². The Labute approximate surface area is 130 Å². The summed E-state index contributed by atoms with van der Waals surface area (Å²) >= 11 is 5.13. The van der Waals surface area contributed by atoms with Gasteiger partial charge in [0, 0.05) is 23.1 Å². The monoisotopic (exact) mass is 353 g/mol. The summed E-state index contributed by atoms with van der Waals surface area (Å²) < 4.78 is 6.62. The van der Waals surface area contributed by atoms with E-state index in [1.165, 1.54) is 5.56 Å². The van der Waals surface area contributed by atoms with Gasteiger partial charge >= 0.3 is 0 Å². The van der Waals surface area contributed by atoms with E-state index in [4.69, 9.17) is 4.74 Å². The third-order valence-electron chi connectivity index (χ3n) is 3.87. The molecule has 1 aliphatic rings. The summed E-state index contributed by atoms with van der Waals surface area (Å²) in [4.78, 5) is 4.62. The minimum atomic E-state index is -0.0724. The molecule has 106 valence electrons. The van der Waals surface area contributed by atoms with Gasteiger partial charge in [-0.2, -0.15) is 0 Å². The molecule has 0 aliphatic carbocycles. The van der Waals surface area contributed by atoms with Crippen molar-refractivity contribution in [3.05, 3.63) is 50.4 Å². The third kappa shape index (κ3) is 2.55. The van der Waals surface area contributed by atoms with Crippen LogP contribution in [0.4, 0.5) is 0 Å². The first kappa shape index (κ1) is 14.2. The lowest BCUT2D eigenvalue weighted by molar-refractivity contribution is 0.0629. The Balaban J connectivity index is 2.05. The second kappa shape index (κ2) is 5.93. The van der Waals surface area contributed by atoms with Gasteiger partial charge in [0.2, 0.25) is 0 Å². The number of benzene rings is 1. The molecule has 0 radical (unpaired) electrons. The highest BCUT2D eigenvalue weighted by Gasteiger charge is 2.38. The minimum absolute atomic E-state index is 0.00339. The van der Waals surface area contributed by atoms with Crippen molar-refractivity contribution in [1.29, 1.82) is 0 Å². The van der Waals surface area contributed by atoms with Gasteiger partial charge in [0.1, 0.15) is 5.01 Å². The summed E-state index contributed by atoms with van der Waals surface area (Å²) in [5.74, 6) is 0. The van der Waals surface area contributed by atoms with E-state index in [-0.39, 0.29) is 12.0 Å². The van der Waals surface area contributed by atoms with Gasteiger partial charge in [-0.1, -0.05) is 28.1 Å². The first-order valence-electron chi connectivity index (χ1n) is 6.64. The highest BCUT2D eigenvalue weighted by Crippen LogP contribution is 2.42. The molecule has 1 aromatic heterocycles. The van der Waals surface area contributed by atoms with Crippen LogP contribution in [0.25, 0.3) is 0 Å². The van der Waals surface area contributed by atoms with Gasteiger partial charge < -0.3 is 9.84 Å². The van der Waals surface area contributed by atoms with Crippen LogP contribution in [-0.2, 0) is 16.8 Å². The van der Waals surface area contributed by atoms with Crippen LogP contribution >= 0.6 is 27.3 Å². The maximum absolute atomic E-state index is 9.25. The molecule has 20 heavy (non-hydrogen) atoms. The van der Waals surface area contributed by atoms with Crippen molar-refractivity contribution in [2.45, 2.75) is 24.9 Å². The molecule has 2 aromatic rings. The predicted molar refractivity (Wildman–Crippen MR) is 83.0 cm³/mol. The molecule has 3 rings (SSSR count). The molecule has 1 fully saturated rings. The molecule has 0 amide bonds. The molecule has 0 atom stereocenters. The third-order valence-corrected chi connectivity index (χ3v) is 5.49.